The SMILES string of the molecule is CCN(C(=O)OC(C)(C)C)C(C)C(=O)c1cccc(F)c1. The van der Waals surface area contributed by atoms with Crippen LogP contribution in [0.2, 0.25) is 0 Å². The molecule has 0 heterocycles. The van der Waals surface area contributed by atoms with Crippen LogP contribution in [0.25, 0.3) is 0 Å². The molecule has 0 saturated carbocycles. The van der Waals surface area contributed by atoms with Gasteiger partial charge in [0.25, 0.3) is 0 Å². The van der Waals surface area contributed by atoms with E-state index in [0.717, 1.165) is 0 Å². The van der Waals surface area contributed by atoms with Gasteiger partial charge >= 0.3 is 6.09 Å². The number of hydrogen-bond acceptors (Lipinski definition) is 3. The summed E-state index contributed by atoms with van der Waals surface area (Å²) >= 11 is 0. The van der Waals surface area contributed by atoms with Gasteiger partial charge in [0.2, 0.25) is 0 Å². The zero-order valence-electron chi connectivity index (χ0n) is 13.1. The number of likely N-dealkylation sites (N-methyl/N-ethyl adjacent to an activating group) is 1. The Balaban J connectivity index is 2.90. The van der Waals surface area contributed by atoms with Gasteiger partial charge in [0.05, 0.1) is 6.04 Å². The Morgan fingerprint density at radius 1 is 1.33 bits per heavy atom. The number of amides is 1. The molecule has 0 aliphatic carbocycles. The molecule has 0 aliphatic rings. The van der Waals surface area contributed by atoms with Crippen LogP contribution in [0.4, 0.5) is 9.18 Å². The zero-order chi connectivity index (χ0) is 16.2. The lowest BCUT2D eigenvalue weighted by Gasteiger charge is -2.30. The molecule has 5 heteroatoms. The Morgan fingerprint density at radius 3 is 2.43 bits per heavy atom. The lowest BCUT2D eigenvalue weighted by Crippen LogP contribution is -2.45. The highest BCUT2D eigenvalue weighted by atomic mass is 19.1. The van der Waals surface area contributed by atoms with Gasteiger partial charge in [-0.2, -0.15) is 0 Å². The summed E-state index contributed by atoms with van der Waals surface area (Å²) in [5.74, 6) is -0.796. The number of halogens is 1. The fourth-order valence-corrected chi connectivity index (χ4v) is 1.91. The minimum absolute atomic E-state index is 0.240. The number of carbonyl (C=O) groups is 2. The van der Waals surface area contributed by atoms with Crippen molar-refractivity contribution in [3.05, 3.63) is 35.6 Å². The topological polar surface area (TPSA) is 46.6 Å². The van der Waals surface area contributed by atoms with Crippen molar-refractivity contribution in [1.29, 1.82) is 0 Å². The van der Waals surface area contributed by atoms with Crippen LogP contribution in [0.1, 0.15) is 45.0 Å². The van der Waals surface area contributed by atoms with Crippen LogP contribution in [0.5, 0.6) is 0 Å². The summed E-state index contributed by atoms with van der Waals surface area (Å²) in [7, 11) is 0. The van der Waals surface area contributed by atoms with Gasteiger partial charge in [-0.1, -0.05) is 12.1 Å². The number of nitrogens with zero attached hydrogens (tertiary/aromatic N) is 1. The molecule has 0 saturated heterocycles. The van der Waals surface area contributed by atoms with E-state index in [9.17, 15) is 14.0 Å². The van der Waals surface area contributed by atoms with Gasteiger partial charge in [-0.3, -0.25) is 9.69 Å². The van der Waals surface area contributed by atoms with Crippen molar-refractivity contribution in [2.24, 2.45) is 0 Å². The van der Waals surface area contributed by atoms with E-state index in [1.165, 1.54) is 29.2 Å². The van der Waals surface area contributed by atoms with Crippen LogP contribution in [0.15, 0.2) is 24.3 Å². The lowest BCUT2D eigenvalue weighted by molar-refractivity contribution is 0.0186. The molecular formula is C16H22FNO3. The Kier molecular flexibility index (Phi) is 5.47. The third-order valence-corrected chi connectivity index (χ3v) is 2.92. The third-order valence-electron chi connectivity index (χ3n) is 2.92. The van der Waals surface area contributed by atoms with E-state index in [1.54, 1.807) is 34.6 Å². The maximum atomic E-state index is 13.2. The van der Waals surface area contributed by atoms with Crippen LogP contribution in [0.3, 0.4) is 0 Å². The molecule has 0 radical (unpaired) electrons. The quantitative estimate of drug-likeness (QED) is 0.796. The largest absolute Gasteiger partial charge is 0.444 e. The normalized spacial score (nSPS) is 12.7. The highest BCUT2D eigenvalue weighted by Gasteiger charge is 2.29. The highest BCUT2D eigenvalue weighted by Crippen LogP contribution is 2.15. The van der Waals surface area contributed by atoms with Gasteiger partial charge in [0.15, 0.2) is 5.78 Å². The van der Waals surface area contributed by atoms with Crippen molar-refractivity contribution in [3.8, 4) is 0 Å². The third kappa shape index (κ3) is 4.85. The van der Waals surface area contributed by atoms with Gasteiger partial charge in [0, 0.05) is 12.1 Å². The summed E-state index contributed by atoms with van der Waals surface area (Å²) in [5, 5.41) is 0. The molecule has 4 nitrogen and oxygen atoms in total. The smallest absolute Gasteiger partial charge is 0.410 e. The lowest BCUT2D eigenvalue weighted by atomic mass is 10.0. The molecule has 1 atom stereocenters. The molecule has 21 heavy (non-hydrogen) atoms. The predicted octanol–water partition coefficient (Wildman–Crippen LogP) is 3.65. The van der Waals surface area contributed by atoms with Crippen LogP contribution in [-0.4, -0.2) is 35.0 Å². The first kappa shape index (κ1) is 17.1. The molecule has 1 rings (SSSR count). The Hall–Kier alpha value is -1.91. The molecule has 116 valence electrons. The predicted molar refractivity (Wildman–Crippen MR) is 78.8 cm³/mol. The Morgan fingerprint density at radius 2 is 1.95 bits per heavy atom. The number of carbonyl (C=O) groups excluding carboxylic acids is 2. The van der Waals surface area contributed by atoms with E-state index in [2.05, 4.69) is 0 Å². The maximum Gasteiger partial charge on any atom is 0.410 e. The second-order valence-corrected chi connectivity index (χ2v) is 5.82. The van der Waals surface area contributed by atoms with Gasteiger partial charge in [0.1, 0.15) is 11.4 Å². The summed E-state index contributed by atoms with van der Waals surface area (Å²) in [6, 6.07) is 4.73. The van der Waals surface area contributed by atoms with Crippen LogP contribution in [0, 0.1) is 5.82 Å². The second kappa shape index (κ2) is 6.70. The van der Waals surface area contributed by atoms with E-state index < -0.39 is 23.6 Å². The summed E-state index contributed by atoms with van der Waals surface area (Å²) < 4.78 is 18.5. The molecule has 0 spiro atoms. The number of ether oxygens (including phenoxy) is 1. The van der Waals surface area contributed by atoms with E-state index in [1.807, 2.05) is 0 Å². The van der Waals surface area contributed by atoms with E-state index in [4.69, 9.17) is 4.74 Å². The molecule has 0 bridgehead atoms. The first-order valence-corrected chi connectivity index (χ1v) is 6.95. The van der Waals surface area contributed by atoms with E-state index in [0.29, 0.717) is 6.54 Å². The molecule has 1 aromatic rings. The average Bonchev–Trinajstić information content (AvgIpc) is 2.36. The molecule has 0 aliphatic heterocycles. The van der Waals surface area contributed by atoms with Gasteiger partial charge in [-0.25, -0.2) is 9.18 Å². The average molecular weight is 295 g/mol. The number of ketones is 1. The summed E-state index contributed by atoms with van der Waals surface area (Å²) in [6.07, 6.45) is -0.553. The molecule has 1 unspecified atom stereocenters. The summed E-state index contributed by atoms with van der Waals surface area (Å²) in [4.78, 5) is 25.8. The molecular weight excluding hydrogens is 273 g/mol. The fourth-order valence-electron chi connectivity index (χ4n) is 1.91. The first-order valence-electron chi connectivity index (χ1n) is 6.95. The summed E-state index contributed by atoms with van der Waals surface area (Å²) in [5.41, 5.74) is -0.393. The van der Waals surface area contributed by atoms with Crippen LogP contribution < -0.4 is 0 Å². The number of Topliss-reactive ketones (excluding diaryl/α,β-unsaturated/α-hetero) is 1. The molecule has 0 aromatic heterocycles. The standard InChI is InChI=1S/C16H22FNO3/c1-6-18(15(20)21-16(3,4)5)11(2)14(19)12-8-7-9-13(17)10-12/h7-11H,6H2,1-5H3. The van der Waals surface area contributed by atoms with Gasteiger partial charge in [-0.15, -0.1) is 0 Å². The molecule has 0 fully saturated rings. The van der Waals surface area contributed by atoms with Crippen LogP contribution >= 0.6 is 0 Å². The molecule has 1 aromatic carbocycles. The maximum absolute atomic E-state index is 13.2. The number of benzene rings is 1. The monoisotopic (exact) mass is 295 g/mol. The molecule has 1 amide bonds. The zero-order valence-corrected chi connectivity index (χ0v) is 13.1. The van der Waals surface area contributed by atoms with Crippen molar-refractivity contribution < 1.29 is 18.7 Å². The highest BCUT2D eigenvalue weighted by molar-refractivity contribution is 6.01. The van der Waals surface area contributed by atoms with Crippen molar-refractivity contribution in [2.45, 2.75) is 46.3 Å². The van der Waals surface area contributed by atoms with Crippen molar-refractivity contribution in [1.82, 2.24) is 4.90 Å². The Bertz CT molecular complexity index is 522. The second-order valence-electron chi connectivity index (χ2n) is 5.82. The Labute approximate surface area is 124 Å². The number of hydrogen-bond donors (Lipinski definition) is 0. The van der Waals surface area contributed by atoms with Crippen molar-refractivity contribution in [2.75, 3.05) is 6.54 Å². The number of rotatable bonds is 4. The van der Waals surface area contributed by atoms with Gasteiger partial charge < -0.3 is 4.74 Å². The minimum atomic E-state index is -0.716. The molecule has 0 N–H and O–H groups in total. The van der Waals surface area contributed by atoms with Crippen molar-refractivity contribution >= 4 is 11.9 Å². The fraction of sp³-hybridized carbons (Fsp3) is 0.500. The van der Waals surface area contributed by atoms with Crippen LogP contribution in [-0.2, 0) is 4.74 Å². The van der Waals surface area contributed by atoms with Gasteiger partial charge in [-0.05, 0) is 46.8 Å². The summed E-state index contributed by atoms with van der Waals surface area (Å²) in [6.45, 7) is 8.99. The van der Waals surface area contributed by atoms with E-state index in [-0.39, 0.29) is 11.3 Å². The first-order chi connectivity index (χ1) is 9.65. The van der Waals surface area contributed by atoms with Crippen molar-refractivity contribution in [3.63, 3.8) is 0 Å². The van der Waals surface area contributed by atoms with E-state index >= 15 is 0 Å². The minimum Gasteiger partial charge on any atom is -0.444 e.